The van der Waals surface area contributed by atoms with Crippen LogP contribution in [0.1, 0.15) is 13.3 Å². The molecular weight excluding hydrogens is 206 g/mol. The minimum Gasteiger partial charge on any atom is -0.466 e. The highest BCUT2D eigenvalue weighted by Gasteiger charge is 2.29. The first kappa shape index (κ1) is 11.0. The fourth-order valence-electron chi connectivity index (χ4n) is 1.03. The number of hydrogen-bond acceptors (Lipinski definition) is 5. The number of rotatable bonds is 3. The Bertz CT molecular complexity index is 266. The van der Waals surface area contributed by atoms with Crippen molar-refractivity contribution in [3.63, 3.8) is 0 Å². The van der Waals surface area contributed by atoms with E-state index in [0.717, 1.165) is 0 Å². The first-order chi connectivity index (χ1) is 6.63. The maximum atomic E-state index is 11.2. The fourth-order valence-corrected chi connectivity index (χ4v) is 1.92. The van der Waals surface area contributed by atoms with Crippen LogP contribution in [-0.4, -0.2) is 35.4 Å². The Balaban J connectivity index is 2.41. The zero-order valence-corrected chi connectivity index (χ0v) is 8.56. The molecule has 5 nitrogen and oxygen atoms in total. The molecule has 14 heavy (non-hydrogen) atoms. The fraction of sp³-hybridized carbons (Fsp3) is 0.625. The number of hydrogen-bond donors (Lipinski definition) is 1. The number of carbonyl (C=O) groups excluding carboxylic acids is 3. The van der Waals surface area contributed by atoms with Gasteiger partial charge in [-0.2, -0.15) is 0 Å². The number of esters is 1. The SMILES string of the molecule is CCOC(=O)CC1SCC(=O)NC1=O. The third-order valence-corrected chi connectivity index (χ3v) is 2.84. The van der Waals surface area contributed by atoms with Crippen LogP contribution in [-0.2, 0) is 19.1 Å². The van der Waals surface area contributed by atoms with Crippen molar-refractivity contribution >= 4 is 29.5 Å². The Morgan fingerprint density at radius 2 is 2.36 bits per heavy atom. The predicted molar refractivity (Wildman–Crippen MR) is 50.6 cm³/mol. The van der Waals surface area contributed by atoms with E-state index < -0.39 is 17.1 Å². The van der Waals surface area contributed by atoms with Gasteiger partial charge in [-0.1, -0.05) is 0 Å². The highest BCUT2D eigenvalue weighted by molar-refractivity contribution is 8.01. The Morgan fingerprint density at radius 3 is 2.93 bits per heavy atom. The summed E-state index contributed by atoms with van der Waals surface area (Å²) in [5.74, 6) is -0.899. The van der Waals surface area contributed by atoms with Crippen LogP contribution in [0.4, 0.5) is 0 Å². The Labute approximate surface area is 85.6 Å². The number of ether oxygens (including phenoxy) is 1. The smallest absolute Gasteiger partial charge is 0.307 e. The van der Waals surface area contributed by atoms with E-state index >= 15 is 0 Å². The summed E-state index contributed by atoms with van der Waals surface area (Å²) in [6.45, 7) is 2.01. The molecule has 2 amide bonds. The van der Waals surface area contributed by atoms with Crippen molar-refractivity contribution in [1.29, 1.82) is 0 Å². The number of imide groups is 1. The van der Waals surface area contributed by atoms with Crippen molar-refractivity contribution < 1.29 is 19.1 Å². The van der Waals surface area contributed by atoms with Gasteiger partial charge in [-0.15, -0.1) is 11.8 Å². The number of carbonyl (C=O) groups is 3. The molecule has 1 N–H and O–H groups in total. The summed E-state index contributed by atoms with van der Waals surface area (Å²) in [7, 11) is 0. The van der Waals surface area contributed by atoms with Crippen LogP contribution in [0.25, 0.3) is 0 Å². The van der Waals surface area contributed by atoms with Gasteiger partial charge in [-0.3, -0.25) is 19.7 Å². The summed E-state index contributed by atoms with van der Waals surface area (Å²) in [5.41, 5.74) is 0. The van der Waals surface area contributed by atoms with E-state index in [0.29, 0.717) is 6.61 Å². The van der Waals surface area contributed by atoms with Gasteiger partial charge < -0.3 is 4.74 Å². The normalized spacial score (nSPS) is 21.6. The zero-order chi connectivity index (χ0) is 10.6. The van der Waals surface area contributed by atoms with Crippen molar-refractivity contribution in [2.45, 2.75) is 18.6 Å². The molecule has 1 aliphatic heterocycles. The molecule has 1 heterocycles. The van der Waals surface area contributed by atoms with Crippen LogP contribution in [0, 0.1) is 0 Å². The van der Waals surface area contributed by atoms with Crippen molar-refractivity contribution in [3.8, 4) is 0 Å². The van der Waals surface area contributed by atoms with Gasteiger partial charge in [0.15, 0.2) is 0 Å². The lowest BCUT2D eigenvalue weighted by molar-refractivity contribution is -0.144. The van der Waals surface area contributed by atoms with Crippen LogP contribution in [0.2, 0.25) is 0 Å². The largest absolute Gasteiger partial charge is 0.466 e. The standard InChI is InChI=1S/C8H11NO4S/c1-2-13-7(11)3-5-8(12)9-6(10)4-14-5/h5H,2-4H2,1H3,(H,9,10,12). The molecule has 1 unspecified atom stereocenters. The van der Waals surface area contributed by atoms with E-state index in [1.165, 1.54) is 11.8 Å². The van der Waals surface area contributed by atoms with E-state index in [1.54, 1.807) is 6.92 Å². The monoisotopic (exact) mass is 217 g/mol. The van der Waals surface area contributed by atoms with E-state index in [-0.39, 0.29) is 18.1 Å². The van der Waals surface area contributed by atoms with Gasteiger partial charge in [0.25, 0.3) is 0 Å². The molecule has 0 aliphatic carbocycles. The molecule has 0 aromatic carbocycles. The van der Waals surface area contributed by atoms with Gasteiger partial charge in [0, 0.05) is 0 Å². The van der Waals surface area contributed by atoms with Gasteiger partial charge in [-0.25, -0.2) is 0 Å². The summed E-state index contributed by atoms with van der Waals surface area (Å²) in [6.07, 6.45) is 0.0254. The third-order valence-electron chi connectivity index (χ3n) is 1.63. The Kier molecular flexibility index (Phi) is 3.94. The molecule has 1 atom stereocenters. The Hall–Kier alpha value is -1.04. The zero-order valence-electron chi connectivity index (χ0n) is 7.74. The van der Waals surface area contributed by atoms with Crippen LogP contribution in [0.15, 0.2) is 0 Å². The van der Waals surface area contributed by atoms with Crippen molar-refractivity contribution in [2.75, 3.05) is 12.4 Å². The van der Waals surface area contributed by atoms with Crippen LogP contribution >= 0.6 is 11.8 Å². The lowest BCUT2D eigenvalue weighted by Gasteiger charge is -2.19. The molecule has 0 radical (unpaired) electrons. The Morgan fingerprint density at radius 1 is 1.64 bits per heavy atom. The first-order valence-corrected chi connectivity index (χ1v) is 5.29. The summed E-state index contributed by atoms with van der Waals surface area (Å²) in [6, 6.07) is 0. The van der Waals surface area contributed by atoms with E-state index in [1.807, 2.05) is 0 Å². The maximum Gasteiger partial charge on any atom is 0.307 e. The van der Waals surface area contributed by atoms with Gasteiger partial charge in [0.2, 0.25) is 11.8 Å². The highest BCUT2D eigenvalue weighted by Crippen LogP contribution is 2.18. The summed E-state index contributed by atoms with van der Waals surface area (Å²) >= 11 is 1.17. The van der Waals surface area contributed by atoms with Crippen molar-refractivity contribution in [1.82, 2.24) is 5.32 Å². The number of nitrogens with one attached hydrogen (secondary N) is 1. The molecule has 0 saturated carbocycles. The number of amides is 2. The topological polar surface area (TPSA) is 72.5 Å². The molecule has 1 saturated heterocycles. The average molecular weight is 217 g/mol. The molecule has 78 valence electrons. The maximum absolute atomic E-state index is 11.2. The van der Waals surface area contributed by atoms with Crippen LogP contribution in [0.3, 0.4) is 0 Å². The second-order valence-electron chi connectivity index (χ2n) is 2.72. The predicted octanol–water partition coefficient (Wildman–Crippen LogP) is -0.302. The van der Waals surface area contributed by atoms with E-state index in [2.05, 4.69) is 5.32 Å². The molecule has 0 spiro atoms. The summed E-state index contributed by atoms with van der Waals surface area (Å²) < 4.78 is 4.70. The van der Waals surface area contributed by atoms with Gasteiger partial charge in [-0.05, 0) is 6.92 Å². The van der Waals surface area contributed by atoms with Crippen molar-refractivity contribution in [2.24, 2.45) is 0 Å². The van der Waals surface area contributed by atoms with Crippen LogP contribution < -0.4 is 5.32 Å². The second kappa shape index (κ2) is 4.99. The highest BCUT2D eigenvalue weighted by atomic mass is 32.2. The van der Waals surface area contributed by atoms with E-state index in [9.17, 15) is 14.4 Å². The second-order valence-corrected chi connectivity index (χ2v) is 3.91. The van der Waals surface area contributed by atoms with Crippen LogP contribution in [0.5, 0.6) is 0 Å². The molecule has 0 aromatic rings. The molecule has 1 rings (SSSR count). The quantitative estimate of drug-likeness (QED) is 0.519. The summed E-state index contributed by atoms with van der Waals surface area (Å²) in [4.78, 5) is 33.0. The third kappa shape index (κ3) is 3.02. The average Bonchev–Trinajstić information content (AvgIpc) is 2.10. The molecule has 1 aliphatic rings. The lowest BCUT2D eigenvalue weighted by Crippen LogP contribution is -2.44. The molecule has 1 fully saturated rings. The molecular formula is C8H11NO4S. The van der Waals surface area contributed by atoms with E-state index in [4.69, 9.17) is 4.74 Å². The molecule has 0 bridgehead atoms. The number of thioether (sulfide) groups is 1. The van der Waals surface area contributed by atoms with Gasteiger partial charge >= 0.3 is 5.97 Å². The molecule has 0 aromatic heterocycles. The minimum absolute atomic E-state index is 0.0254. The van der Waals surface area contributed by atoms with Gasteiger partial charge in [0.1, 0.15) is 0 Å². The first-order valence-electron chi connectivity index (χ1n) is 4.24. The minimum atomic E-state index is -0.494. The lowest BCUT2D eigenvalue weighted by atomic mass is 10.3. The van der Waals surface area contributed by atoms with Crippen molar-refractivity contribution in [3.05, 3.63) is 0 Å². The van der Waals surface area contributed by atoms with Gasteiger partial charge in [0.05, 0.1) is 24.0 Å². The summed E-state index contributed by atoms with van der Waals surface area (Å²) in [5, 5.41) is 1.68. The molecule has 6 heteroatoms.